The summed E-state index contributed by atoms with van der Waals surface area (Å²) in [6.45, 7) is 8.42. The van der Waals surface area contributed by atoms with Crippen molar-refractivity contribution >= 4 is 31.4 Å². The van der Waals surface area contributed by atoms with Crippen LogP contribution in [0.1, 0.15) is 53.5 Å². The fourth-order valence-corrected chi connectivity index (χ4v) is 4.28. The van der Waals surface area contributed by atoms with E-state index in [-0.39, 0.29) is 0 Å². The molecular weight excluding hydrogens is 566 g/mol. The maximum Gasteiger partial charge on any atom is 0.480 e. The third-order valence-electron chi connectivity index (χ3n) is 5.43. The van der Waals surface area contributed by atoms with E-state index in [1.54, 1.807) is 48.5 Å². The number of ether oxygens (including phenoxy) is 3. The number of aliphatic hydroxyl groups is 1. The maximum atomic E-state index is 15.1. The molecular formula is C23H35ClFN2O11P. The van der Waals surface area contributed by atoms with Gasteiger partial charge in [-0.3, -0.25) is 18.7 Å². The second kappa shape index (κ2) is 12.7. The quantitative estimate of drug-likeness (QED) is 0.171. The second-order valence-corrected chi connectivity index (χ2v) is 12.9. The van der Waals surface area contributed by atoms with E-state index in [0.29, 0.717) is 5.69 Å². The fraction of sp³-hybridized carbons (Fsp3) is 0.739. The van der Waals surface area contributed by atoms with Crippen molar-refractivity contribution in [2.45, 2.75) is 72.6 Å². The summed E-state index contributed by atoms with van der Waals surface area (Å²) >= 11 is 6.02. The van der Waals surface area contributed by atoms with E-state index in [0.717, 1.165) is 4.57 Å². The highest BCUT2D eigenvalue weighted by molar-refractivity contribution is 7.48. The lowest BCUT2D eigenvalue weighted by atomic mass is 9.98. The van der Waals surface area contributed by atoms with Gasteiger partial charge in [-0.15, -0.1) is 11.6 Å². The topological polar surface area (TPSA) is 162 Å². The van der Waals surface area contributed by atoms with Crippen molar-refractivity contribution in [1.82, 2.24) is 9.55 Å². The normalized spacial score (nSPS) is 24.0. The third kappa shape index (κ3) is 8.53. The number of hydrogen-bond donors (Lipinski definition) is 1. The average Bonchev–Trinajstić information content (AvgIpc) is 3.07. The second-order valence-electron chi connectivity index (χ2n) is 10.9. The first-order valence-corrected chi connectivity index (χ1v) is 13.8. The van der Waals surface area contributed by atoms with Gasteiger partial charge in [-0.2, -0.15) is 4.98 Å². The lowest BCUT2D eigenvalue weighted by Gasteiger charge is -2.30. The van der Waals surface area contributed by atoms with Gasteiger partial charge in [0.2, 0.25) is 13.6 Å². The van der Waals surface area contributed by atoms with Crippen LogP contribution in [0.4, 0.5) is 4.39 Å². The van der Waals surface area contributed by atoms with Crippen LogP contribution >= 0.6 is 19.4 Å². The lowest BCUT2D eigenvalue weighted by Crippen LogP contribution is -2.47. The number of carbonyl (C=O) groups excluding carboxylic acids is 2. The summed E-state index contributed by atoms with van der Waals surface area (Å²) in [4.78, 5) is 40.1. The average molecular weight is 601 g/mol. The van der Waals surface area contributed by atoms with Crippen LogP contribution in [0.2, 0.25) is 0 Å². The van der Waals surface area contributed by atoms with Crippen LogP contribution in [0.25, 0.3) is 0 Å². The SMILES string of the molecule is Cc1ccn([C@@H]2O[C@](CCl)(COP(=O)(OCOC(=O)C(C)(C)C)OCOC(=O)C(C)(C)C)[C@@H](O)[C@H]2F)c(=O)n1. The highest BCUT2D eigenvalue weighted by Crippen LogP contribution is 2.52. The number of carbonyl (C=O) groups is 2. The molecule has 1 N–H and O–H groups in total. The highest BCUT2D eigenvalue weighted by Gasteiger charge is 2.57. The molecule has 1 aliphatic heterocycles. The number of alkyl halides is 2. The Labute approximate surface area is 230 Å². The molecule has 2 heterocycles. The minimum absolute atomic E-state index is 0.381. The van der Waals surface area contributed by atoms with E-state index in [1.807, 2.05) is 0 Å². The Hall–Kier alpha value is -1.93. The van der Waals surface area contributed by atoms with Crippen molar-refractivity contribution in [3.05, 3.63) is 28.4 Å². The number of halogens is 2. The van der Waals surface area contributed by atoms with Crippen LogP contribution in [0, 0.1) is 17.8 Å². The zero-order valence-corrected chi connectivity index (χ0v) is 24.5. The molecule has 0 bridgehead atoms. The van der Waals surface area contributed by atoms with Gasteiger partial charge in [0.1, 0.15) is 11.7 Å². The molecule has 0 aliphatic carbocycles. The molecule has 222 valence electrons. The van der Waals surface area contributed by atoms with Gasteiger partial charge >= 0.3 is 25.5 Å². The van der Waals surface area contributed by atoms with E-state index < -0.39 is 86.5 Å². The van der Waals surface area contributed by atoms with Crippen molar-refractivity contribution in [1.29, 1.82) is 0 Å². The number of hydrogen-bond acceptors (Lipinski definition) is 12. The summed E-state index contributed by atoms with van der Waals surface area (Å²) < 4.78 is 60.2. The molecule has 1 aliphatic rings. The number of rotatable bonds is 11. The lowest BCUT2D eigenvalue weighted by molar-refractivity contribution is -0.164. The smallest absolute Gasteiger partial charge is 0.437 e. The molecule has 0 radical (unpaired) electrons. The molecule has 4 atom stereocenters. The zero-order valence-electron chi connectivity index (χ0n) is 22.8. The molecule has 1 aromatic rings. The van der Waals surface area contributed by atoms with E-state index in [2.05, 4.69) is 4.98 Å². The van der Waals surface area contributed by atoms with Crippen LogP contribution in [0.3, 0.4) is 0 Å². The first-order valence-electron chi connectivity index (χ1n) is 11.8. The van der Waals surface area contributed by atoms with Crippen molar-refractivity contribution in [3.63, 3.8) is 0 Å². The molecule has 16 heteroatoms. The number of esters is 2. The largest absolute Gasteiger partial charge is 0.480 e. The molecule has 0 unspecified atom stereocenters. The number of phosphoric ester groups is 1. The van der Waals surface area contributed by atoms with Crippen LogP contribution in [-0.2, 0) is 41.9 Å². The maximum absolute atomic E-state index is 15.1. The molecule has 1 fully saturated rings. The van der Waals surface area contributed by atoms with E-state index >= 15 is 4.39 Å². The predicted octanol–water partition coefficient (Wildman–Crippen LogP) is 3.01. The predicted molar refractivity (Wildman–Crippen MR) is 134 cm³/mol. The van der Waals surface area contributed by atoms with Gasteiger partial charge < -0.3 is 19.3 Å². The van der Waals surface area contributed by atoms with Crippen molar-refractivity contribution in [2.75, 3.05) is 26.1 Å². The molecule has 2 rings (SSSR count). The Morgan fingerprint density at radius 2 is 1.64 bits per heavy atom. The van der Waals surface area contributed by atoms with E-state index in [4.69, 9.17) is 39.4 Å². The molecule has 0 aromatic carbocycles. The van der Waals surface area contributed by atoms with Gasteiger partial charge in [-0.25, -0.2) is 22.8 Å². The number of aliphatic hydroxyl groups excluding tert-OH is 1. The first-order chi connectivity index (χ1) is 17.8. The van der Waals surface area contributed by atoms with Gasteiger partial charge in [0, 0.05) is 11.9 Å². The summed E-state index contributed by atoms with van der Waals surface area (Å²) in [5, 5.41) is 10.6. The minimum atomic E-state index is -4.71. The monoisotopic (exact) mass is 600 g/mol. The Morgan fingerprint density at radius 1 is 1.13 bits per heavy atom. The van der Waals surface area contributed by atoms with E-state index in [9.17, 15) is 24.1 Å². The number of aromatic nitrogens is 2. The number of aryl methyl sites for hydroxylation is 1. The van der Waals surface area contributed by atoms with Crippen molar-refractivity contribution < 1.29 is 51.4 Å². The molecule has 39 heavy (non-hydrogen) atoms. The summed E-state index contributed by atoms with van der Waals surface area (Å²) in [7, 11) is -4.71. The van der Waals surface area contributed by atoms with Crippen LogP contribution in [0.15, 0.2) is 17.1 Å². The Kier molecular flexibility index (Phi) is 10.8. The zero-order chi connectivity index (χ0) is 29.8. The summed E-state index contributed by atoms with van der Waals surface area (Å²) in [6, 6.07) is 1.44. The Balaban J connectivity index is 2.21. The molecule has 1 aromatic heterocycles. The molecule has 1 saturated heterocycles. The number of phosphoric acid groups is 1. The molecule has 0 saturated carbocycles. The van der Waals surface area contributed by atoms with Crippen molar-refractivity contribution in [2.24, 2.45) is 10.8 Å². The Bertz CT molecular complexity index is 1100. The summed E-state index contributed by atoms with van der Waals surface area (Å²) in [5.41, 5.74) is -4.29. The summed E-state index contributed by atoms with van der Waals surface area (Å²) in [5.74, 6) is -1.96. The standard InChI is InChI=1S/C23H35ClFN2O11P/c1-14-8-9-27(20(31)26-14)17-15(25)16(28)23(10-24,38-17)11-35-39(32,36-12-33-18(29)21(2,3)4)37-13-34-19(30)22(5,6)7/h8-9,15-17,28H,10-13H2,1-7H3/t15-,16+,17-,23-/m1/s1. The third-order valence-corrected chi connectivity index (χ3v) is 7.17. The minimum Gasteiger partial charge on any atom is -0.437 e. The fourth-order valence-electron chi connectivity index (χ4n) is 3.01. The molecule has 0 amide bonds. The molecule has 0 spiro atoms. The Morgan fingerprint density at radius 3 is 2.08 bits per heavy atom. The first kappa shape index (κ1) is 33.3. The van der Waals surface area contributed by atoms with Crippen LogP contribution in [0.5, 0.6) is 0 Å². The van der Waals surface area contributed by atoms with Gasteiger partial charge in [0.25, 0.3) is 0 Å². The summed E-state index contributed by atoms with van der Waals surface area (Å²) in [6.07, 6.45) is -4.50. The van der Waals surface area contributed by atoms with Gasteiger partial charge in [0.05, 0.1) is 23.3 Å². The highest BCUT2D eigenvalue weighted by atomic mass is 35.5. The van der Waals surface area contributed by atoms with Crippen molar-refractivity contribution in [3.8, 4) is 0 Å². The molecule has 13 nitrogen and oxygen atoms in total. The van der Waals surface area contributed by atoms with Crippen LogP contribution in [-0.4, -0.2) is 70.5 Å². The van der Waals surface area contributed by atoms with Gasteiger partial charge in [-0.05, 0) is 54.5 Å². The number of nitrogens with zero attached hydrogens (tertiary/aromatic N) is 2. The van der Waals surface area contributed by atoms with Gasteiger partial charge in [-0.1, -0.05) is 0 Å². The van der Waals surface area contributed by atoms with Gasteiger partial charge in [0.15, 0.2) is 12.4 Å². The van der Waals surface area contributed by atoms with E-state index in [1.165, 1.54) is 12.3 Å². The van der Waals surface area contributed by atoms with Crippen LogP contribution < -0.4 is 5.69 Å².